The summed E-state index contributed by atoms with van der Waals surface area (Å²) in [6, 6.07) is 7.57. The van der Waals surface area contributed by atoms with Gasteiger partial charge in [-0.3, -0.25) is 0 Å². The first kappa shape index (κ1) is 14.6. The number of nitrogens with zero attached hydrogens (tertiary/aromatic N) is 1. The fourth-order valence-electron chi connectivity index (χ4n) is 2.47. The third kappa shape index (κ3) is 5.39. The van der Waals surface area contributed by atoms with E-state index in [-0.39, 0.29) is 0 Å². The Labute approximate surface area is 120 Å². The van der Waals surface area contributed by atoms with Gasteiger partial charge in [-0.15, -0.1) is 0 Å². The minimum Gasteiger partial charge on any atom is -0.492 e. The molecule has 106 valence electrons. The van der Waals surface area contributed by atoms with Crippen LogP contribution in [0.25, 0.3) is 0 Å². The number of hydrogen-bond acceptors (Lipinski definition) is 3. The topological polar surface area (TPSA) is 24.5 Å². The first-order valence-electron chi connectivity index (χ1n) is 7.01. The molecular weight excluding hydrogens is 260 g/mol. The molecule has 1 aliphatic rings. The van der Waals surface area contributed by atoms with Gasteiger partial charge in [0.25, 0.3) is 0 Å². The summed E-state index contributed by atoms with van der Waals surface area (Å²) in [4.78, 5) is 2.36. The number of nitrogens with one attached hydrogen (secondary N) is 1. The third-order valence-electron chi connectivity index (χ3n) is 3.57. The molecule has 0 spiro atoms. The summed E-state index contributed by atoms with van der Waals surface area (Å²) >= 11 is 5.92. The van der Waals surface area contributed by atoms with E-state index < -0.39 is 0 Å². The molecule has 0 unspecified atom stereocenters. The van der Waals surface area contributed by atoms with Gasteiger partial charge < -0.3 is 15.0 Å². The molecule has 1 aliphatic heterocycles. The first-order chi connectivity index (χ1) is 9.24. The molecule has 1 aromatic rings. The van der Waals surface area contributed by atoms with Crippen molar-refractivity contribution in [3.05, 3.63) is 29.3 Å². The Bertz CT molecular complexity index is 380. The molecule has 0 amide bonds. The maximum absolute atomic E-state index is 5.92. The summed E-state index contributed by atoms with van der Waals surface area (Å²) in [5, 5.41) is 4.12. The zero-order chi connectivity index (χ0) is 13.5. The predicted molar refractivity (Wildman–Crippen MR) is 80.0 cm³/mol. The standard InChI is InChI=1S/C15H23ClN2O/c1-18(12-13-5-7-17-8-6-13)9-10-19-15-4-2-3-14(16)11-15/h2-4,11,13,17H,5-10,12H2,1H3. The van der Waals surface area contributed by atoms with Gasteiger partial charge in [0.15, 0.2) is 0 Å². The molecule has 19 heavy (non-hydrogen) atoms. The molecule has 1 N–H and O–H groups in total. The molecule has 1 fully saturated rings. The maximum atomic E-state index is 5.92. The number of likely N-dealkylation sites (N-methyl/N-ethyl adjacent to an activating group) is 1. The quantitative estimate of drug-likeness (QED) is 0.868. The molecule has 1 saturated heterocycles. The van der Waals surface area contributed by atoms with E-state index in [1.165, 1.54) is 19.4 Å². The molecule has 1 heterocycles. The fourth-order valence-corrected chi connectivity index (χ4v) is 2.65. The summed E-state index contributed by atoms with van der Waals surface area (Å²) in [7, 11) is 2.17. The Balaban J connectivity index is 1.64. The van der Waals surface area contributed by atoms with Gasteiger partial charge >= 0.3 is 0 Å². The lowest BCUT2D eigenvalue weighted by molar-refractivity contribution is 0.199. The number of piperidine rings is 1. The highest BCUT2D eigenvalue weighted by Gasteiger charge is 2.14. The highest BCUT2D eigenvalue weighted by Crippen LogP contribution is 2.17. The van der Waals surface area contributed by atoms with E-state index in [1.807, 2.05) is 24.3 Å². The van der Waals surface area contributed by atoms with Crippen molar-refractivity contribution >= 4 is 11.6 Å². The average molecular weight is 283 g/mol. The summed E-state index contributed by atoms with van der Waals surface area (Å²) in [5.41, 5.74) is 0. The highest BCUT2D eigenvalue weighted by molar-refractivity contribution is 6.30. The van der Waals surface area contributed by atoms with Gasteiger partial charge in [-0.05, 0) is 57.1 Å². The monoisotopic (exact) mass is 282 g/mol. The van der Waals surface area contributed by atoms with E-state index in [2.05, 4.69) is 17.3 Å². The van der Waals surface area contributed by atoms with Crippen LogP contribution in [0.2, 0.25) is 5.02 Å². The second-order valence-corrected chi connectivity index (χ2v) is 5.70. The molecule has 3 nitrogen and oxygen atoms in total. The molecule has 1 aromatic carbocycles. The third-order valence-corrected chi connectivity index (χ3v) is 3.80. The van der Waals surface area contributed by atoms with Crippen LogP contribution in [-0.4, -0.2) is 44.7 Å². The molecule has 0 bridgehead atoms. The summed E-state index contributed by atoms with van der Waals surface area (Å²) in [6.45, 7) is 5.16. The van der Waals surface area contributed by atoms with Crippen LogP contribution in [0.4, 0.5) is 0 Å². The molecule has 0 aromatic heterocycles. The second kappa shape index (κ2) is 7.73. The lowest BCUT2D eigenvalue weighted by Crippen LogP contribution is -2.36. The Kier molecular flexibility index (Phi) is 5.95. The Morgan fingerprint density at radius 3 is 2.89 bits per heavy atom. The Morgan fingerprint density at radius 2 is 2.16 bits per heavy atom. The van der Waals surface area contributed by atoms with Crippen molar-refractivity contribution in [1.82, 2.24) is 10.2 Å². The van der Waals surface area contributed by atoms with Crippen molar-refractivity contribution in [3.63, 3.8) is 0 Å². The van der Waals surface area contributed by atoms with Gasteiger partial charge in [-0.2, -0.15) is 0 Å². The SMILES string of the molecule is CN(CCOc1cccc(Cl)c1)CC1CCNCC1. The first-order valence-corrected chi connectivity index (χ1v) is 7.39. The lowest BCUT2D eigenvalue weighted by atomic mass is 9.98. The van der Waals surface area contributed by atoms with E-state index in [4.69, 9.17) is 16.3 Å². The van der Waals surface area contributed by atoms with Gasteiger partial charge in [-0.25, -0.2) is 0 Å². The normalized spacial score (nSPS) is 16.8. The van der Waals surface area contributed by atoms with Crippen molar-refractivity contribution in [2.75, 3.05) is 39.8 Å². The van der Waals surface area contributed by atoms with Crippen molar-refractivity contribution in [2.45, 2.75) is 12.8 Å². The van der Waals surface area contributed by atoms with Crippen LogP contribution in [-0.2, 0) is 0 Å². The predicted octanol–water partition coefficient (Wildman–Crippen LogP) is 2.65. The minimum atomic E-state index is 0.710. The van der Waals surface area contributed by atoms with E-state index in [1.54, 1.807) is 0 Å². The summed E-state index contributed by atoms with van der Waals surface area (Å²) in [5.74, 6) is 1.68. The zero-order valence-electron chi connectivity index (χ0n) is 11.6. The van der Waals surface area contributed by atoms with Gasteiger partial charge in [-0.1, -0.05) is 17.7 Å². The molecule has 4 heteroatoms. The average Bonchev–Trinajstić information content (AvgIpc) is 2.40. The van der Waals surface area contributed by atoms with Gasteiger partial charge in [0.1, 0.15) is 12.4 Å². The number of halogens is 1. The van der Waals surface area contributed by atoms with Crippen LogP contribution in [0.1, 0.15) is 12.8 Å². The maximum Gasteiger partial charge on any atom is 0.120 e. The van der Waals surface area contributed by atoms with Crippen molar-refractivity contribution < 1.29 is 4.74 Å². The number of ether oxygens (including phenoxy) is 1. The van der Waals surface area contributed by atoms with Gasteiger partial charge in [0, 0.05) is 18.1 Å². The van der Waals surface area contributed by atoms with Crippen LogP contribution in [0.3, 0.4) is 0 Å². The lowest BCUT2D eigenvalue weighted by Gasteiger charge is -2.27. The van der Waals surface area contributed by atoms with Crippen molar-refractivity contribution in [3.8, 4) is 5.75 Å². The van der Waals surface area contributed by atoms with E-state index in [0.717, 1.165) is 36.3 Å². The van der Waals surface area contributed by atoms with Crippen LogP contribution in [0, 0.1) is 5.92 Å². The van der Waals surface area contributed by atoms with E-state index in [9.17, 15) is 0 Å². The van der Waals surface area contributed by atoms with Gasteiger partial charge in [0.05, 0.1) is 0 Å². The Morgan fingerprint density at radius 1 is 1.37 bits per heavy atom. The number of hydrogen-bond donors (Lipinski definition) is 1. The van der Waals surface area contributed by atoms with Crippen LogP contribution in [0.15, 0.2) is 24.3 Å². The smallest absolute Gasteiger partial charge is 0.120 e. The van der Waals surface area contributed by atoms with E-state index in [0.29, 0.717) is 6.61 Å². The molecule has 0 aliphatic carbocycles. The van der Waals surface area contributed by atoms with Crippen LogP contribution < -0.4 is 10.1 Å². The molecule has 2 rings (SSSR count). The zero-order valence-corrected chi connectivity index (χ0v) is 12.3. The highest BCUT2D eigenvalue weighted by atomic mass is 35.5. The molecule has 0 radical (unpaired) electrons. The van der Waals surface area contributed by atoms with Crippen molar-refractivity contribution in [2.24, 2.45) is 5.92 Å². The number of benzene rings is 1. The fraction of sp³-hybridized carbons (Fsp3) is 0.600. The molecular formula is C15H23ClN2O. The molecule has 0 saturated carbocycles. The van der Waals surface area contributed by atoms with Crippen LogP contribution >= 0.6 is 11.6 Å². The number of rotatable bonds is 6. The van der Waals surface area contributed by atoms with Crippen LogP contribution in [0.5, 0.6) is 5.75 Å². The van der Waals surface area contributed by atoms with Gasteiger partial charge in [0.2, 0.25) is 0 Å². The summed E-state index contributed by atoms with van der Waals surface area (Å²) in [6.07, 6.45) is 2.58. The van der Waals surface area contributed by atoms with Crippen molar-refractivity contribution in [1.29, 1.82) is 0 Å². The second-order valence-electron chi connectivity index (χ2n) is 5.26. The largest absolute Gasteiger partial charge is 0.492 e. The Hall–Kier alpha value is -0.770. The van der Waals surface area contributed by atoms with E-state index >= 15 is 0 Å². The molecule has 0 atom stereocenters. The summed E-state index contributed by atoms with van der Waals surface area (Å²) < 4.78 is 5.71. The minimum absolute atomic E-state index is 0.710.